The molecule has 0 aromatic carbocycles. The lowest BCUT2D eigenvalue weighted by Crippen LogP contribution is -2.53. The molecule has 4 saturated carbocycles. The molecule has 2 N–H and O–H groups in total. The lowest BCUT2D eigenvalue weighted by atomic mass is 9.44. The summed E-state index contributed by atoms with van der Waals surface area (Å²) in [6.45, 7) is 8.16. The molecule has 4 aliphatic carbocycles. The van der Waals surface area contributed by atoms with E-state index in [1.54, 1.807) is 0 Å². The van der Waals surface area contributed by atoms with Crippen LogP contribution >= 0.6 is 0 Å². The highest BCUT2D eigenvalue weighted by molar-refractivity contribution is 6.31. The van der Waals surface area contributed by atoms with Crippen LogP contribution in [0.1, 0.15) is 97.8 Å². The van der Waals surface area contributed by atoms with Crippen LogP contribution in [0.5, 0.6) is 0 Å². The summed E-state index contributed by atoms with van der Waals surface area (Å²) in [6, 6.07) is 0. The van der Waals surface area contributed by atoms with Crippen molar-refractivity contribution in [2.75, 3.05) is 6.54 Å². The Labute approximate surface area is 183 Å². The number of hydrogen-bond donors (Lipinski definition) is 2. The van der Waals surface area contributed by atoms with Crippen molar-refractivity contribution < 1.29 is 14.7 Å². The molecule has 0 radical (unpaired) electrons. The first-order valence-corrected chi connectivity index (χ1v) is 12.8. The lowest BCUT2D eigenvalue weighted by Gasteiger charge is -2.61. The molecule has 0 aromatic heterocycles. The Hall–Kier alpha value is -1.06. The standard InChI is InChI=1S/C26H43NO3/c1-17(7-6-16-27-23(28)24(29)30)20-11-12-21-19-10-9-18-8-4-5-14-25(18,2)22(19)13-15-26(20,21)3/h17-22H,4-16H2,1-3H3,(H,27,28)(H,29,30)/t17-,18?,19+,20-,21+,22+,25+,26-/m1/s1. The predicted molar refractivity (Wildman–Crippen MR) is 119 cm³/mol. The van der Waals surface area contributed by atoms with E-state index in [0.29, 0.717) is 23.3 Å². The second-order valence-corrected chi connectivity index (χ2v) is 11.8. The van der Waals surface area contributed by atoms with Gasteiger partial charge in [0.15, 0.2) is 0 Å². The number of rotatable bonds is 5. The number of fused-ring (bicyclic) bond motifs is 5. The van der Waals surface area contributed by atoms with Crippen LogP contribution in [0.2, 0.25) is 0 Å². The van der Waals surface area contributed by atoms with Crippen LogP contribution in [-0.4, -0.2) is 23.5 Å². The van der Waals surface area contributed by atoms with Crippen LogP contribution in [0.4, 0.5) is 0 Å². The molecule has 8 atom stereocenters. The molecule has 170 valence electrons. The molecule has 0 aromatic rings. The van der Waals surface area contributed by atoms with E-state index in [1.807, 2.05) is 0 Å². The fourth-order valence-corrected chi connectivity index (χ4v) is 9.17. The molecule has 30 heavy (non-hydrogen) atoms. The van der Waals surface area contributed by atoms with Crippen molar-refractivity contribution in [1.29, 1.82) is 0 Å². The van der Waals surface area contributed by atoms with Crippen molar-refractivity contribution >= 4 is 11.9 Å². The summed E-state index contributed by atoms with van der Waals surface area (Å²) in [5.41, 5.74) is 1.11. The first-order valence-electron chi connectivity index (χ1n) is 12.8. The number of carboxylic acid groups (broad SMARTS) is 1. The Morgan fingerprint density at radius 1 is 0.967 bits per heavy atom. The average Bonchev–Trinajstić information content (AvgIpc) is 3.07. The number of hydrogen-bond acceptors (Lipinski definition) is 2. The minimum Gasteiger partial charge on any atom is -0.474 e. The zero-order valence-electron chi connectivity index (χ0n) is 19.4. The van der Waals surface area contributed by atoms with E-state index in [4.69, 9.17) is 5.11 Å². The Kier molecular flexibility index (Phi) is 6.25. The van der Waals surface area contributed by atoms with Crippen LogP contribution in [0, 0.1) is 46.3 Å². The molecule has 1 amide bonds. The number of carbonyl (C=O) groups is 2. The summed E-state index contributed by atoms with van der Waals surface area (Å²) < 4.78 is 0. The molecule has 0 bridgehead atoms. The van der Waals surface area contributed by atoms with Gasteiger partial charge in [0.05, 0.1) is 0 Å². The minimum absolute atomic E-state index is 0.479. The summed E-state index contributed by atoms with van der Waals surface area (Å²) in [4.78, 5) is 21.9. The van der Waals surface area contributed by atoms with Gasteiger partial charge in [0.25, 0.3) is 0 Å². The first kappa shape index (κ1) is 22.1. The van der Waals surface area contributed by atoms with Gasteiger partial charge in [-0.05, 0) is 111 Å². The molecule has 4 fully saturated rings. The van der Waals surface area contributed by atoms with Gasteiger partial charge in [-0.1, -0.05) is 33.6 Å². The topological polar surface area (TPSA) is 66.4 Å². The Morgan fingerprint density at radius 2 is 1.73 bits per heavy atom. The van der Waals surface area contributed by atoms with Crippen molar-refractivity contribution in [2.24, 2.45) is 46.3 Å². The smallest absolute Gasteiger partial charge is 0.394 e. The van der Waals surface area contributed by atoms with E-state index in [9.17, 15) is 9.59 Å². The summed E-state index contributed by atoms with van der Waals surface area (Å²) in [5.74, 6) is 3.01. The van der Waals surface area contributed by atoms with Gasteiger partial charge in [-0.3, -0.25) is 4.79 Å². The largest absolute Gasteiger partial charge is 0.474 e. The number of aliphatic carboxylic acids is 1. The maximum atomic E-state index is 11.2. The van der Waals surface area contributed by atoms with Crippen molar-refractivity contribution in [1.82, 2.24) is 5.32 Å². The van der Waals surface area contributed by atoms with Gasteiger partial charge in [0.1, 0.15) is 0 Å². The van der Waals surface area contributed by atoms with Gasteiger partial charge in [-0.2, -0.15) is 0 Å². The highest BCUT2D eigenvalue weighted by atomic mass is 16.4. The highest BCUT2D eigenvalue weighted by Crippen LogP contribution is 2.68. The van der Waals surface area contributed by atoms with Crippen LogP contribution in [0.15, 0.2) is 0 Å². The van der Waals surface area contributed by atoms with E-state index >= 15 is 0 Å². The molecule has 4 aliphatic rings. The van der Waals surface area contributed by atoms with Crippen molar-refractivity contribution in [3.8, 4) is 0 Å². The summed E-state index contributed by atoms with van der Waals surface area (Å²) in [5, 5.41) is 11.2. The third kappa shape index (κ3) is 3.71. The third-order valence-electron chi connectivity index (χ3n) is 10.7. The zero-order valence-corrected chi connectivity index (χ0v) is 19.4. The van der Waals surface area contributed by atoms with Gasteiger partial charge in [-0.15, -0.1) is 0 Å². The second kappa shape index (κ2) is 8.47. The van der Waals surface area contributed by atoms with Crippen molar-refractivity contribution in [2.45, 2.75) is 97.8 Å². The Bertz CT molecular complexity index is 663. The normalized spacial score (nSPS) is 43.8. The van der Waals surface area contributed by atoms with Crippen LogP contribution in [0.3, 0.4) is 0 Å². The van der Waals surface area contributed by atoms with Gasteiger partial charge in [0.2, 0.25) is 0 Å². The van der Waals surface area contributed by atoms with Gasteiger partial charge in [0, 0.05) is 6.54 Å². The molecular weight excluding hydrogens is 374 g/mol. The van der Waals surface area contributed by atoms with E-state index < -0.39 is 11.9 Å². The monoisotopic (exact) mass is 417 g/mol. The van der Waals surface area contributed by atoms with E-state index in [0.717, 1.165) is 42.4 Å². The Morgan fingerprint density at radius 3 is 2.50 bits per heavy atom. The number of carbonyl (C=O) groups excluding carboxylic acids is 1. The molecule has 0 saturated heterocycles. The van der Waals surface area contributed by atoms with E-state index in [2.05, 4.69) is 26.1 Å². The summed E-state index contributed by atoms with van der Waals surface area (Å²) in [7, 11) is 0. The highest BCUT2D eigenvalue weighted by Gasteiger charge is 2.59. The molecule has 4 rings (SSSR count). The molecule has 0 aliphatic heterocycles. The Balaban J connectivity index is 1.37. The van der Waals surface area contributed by atoms with Gasteiger partial charge in [-0.25, -0.2) is 4.79 Å². The van der Waals surface area contributed by atoms with Crippen molar-refractivity contribution in [3.63, 3.8) is 0 Å². The number of nitrogens with one attached hydrogen (secondary N) is 1. The molecular formula is C26H43NO3. The molecule has 0 heterocycles. The van der Waals surface area contributed by atoms with Gasteiger partial charge < -0.3 is 10.4 Å². The minimum atomic E-state index is -1.38. The predicted octanol–water partition coefficient (Wildman–Crippen LogP) is 5.65. The average molecular weight is 418 g/mol. The summed E-state index contributed by atoms with van der Waals surface area (Å²) in [6.07, 6.45) is 16.4. The maximum absolute atomic E-state index is 11.2. The van der Waals surface area contributed by atoms with E-state index in [-0.39, 0.29) is 0 Å². The molecule has 4 nitrogen and oxygen atoms in total. The quantitative estimate of drug-likeness (QED) is 0.448. The van der Waals surface area contributed by atoms with Crippen LogP contribution in [0.25, 0.3) is 0 Å². The van der Waals surface area contributed by atoms with E-state index in [1.165, 1.54) is 64.2 Å². The second-order valence-electron chi connectivity index (χ2n) is 11.8. The van der Waals surface area contributed by atoms with Crippen LogP contribution < -0.4 is 5.32 Å². The van der Waals surface area contributed by atoms with Crippen LogP contribution in [-0.2, 0) is 9.59 Å². The van der Waals surface area contributed by atoms with Crippen molar-refractivity contribution in [3.05, 3.63) is 0 Å². The molecule has 4 heteroatoms. The maximum Gasteiger partial charge on any atom is 0.394 e. The molecule has 1 unspecified atom stereocenters. The first-order chi connectivity index (χ1) is 14.3. The SMILES string of the molecule is C[C@H](CCCNC(=O)C(=O)O)[C@H]1CC[C@H]2[C@@H]3CCC4CCCC[C@]4(C)[C@H]3CC[C@]12C. The number of carboxylic acids is 1. The summed E-state index contributed by atoms with van der Waals surface area (Å²) >= 11 is 0. The third-order valence-corrected chi connectivity index (χ3v) is 10.7. The fraction of sp³-hybridized carbons (Fsp3) is 0.923. The van der Waals surface area contributed by atoms with Gasteiger partial charge >= 0.3 is 11.9 Å². The zero-order chi connectivity index (χ0) is 21.5. The number of amides is 1. The molecule has 0 spiro atoms. The fourth-order valence-electron chi connectivity index (χ4n) is 9.17. The lowest BCUT2D eigenvalue weighted by molar-refractivity contribution is -0.150.